The molecule has 3 rings (SSSR count). The van der Waals surface area contributed by atoms with Gasteiger partial charge in [-0.05, 0) is 32.0 Å². The minimum absolute atomic E-state index is 0.169. The number of methoxy groups -OCH3 is 1. The topological polar surface area (TPSA) is 32.8 Å². The van der Waals surface area contributed by atoms with Crippen LogP contribution in [0, 0.1) is 12.8 Å². The second-order valence-electron chi connectivity index (χ2n) is 6.51. The lowest BCUT2D eigenvalue weighted by atomic mass is 9.88. The number of hydrogen-bond acceptors (Lipinski definition) is 3. The molecular formula is C18H26N2O2. The van der Waals surface area contributed by atoms with Gasteiger partial charge in [0.2, 0.25) is 0 Å². The van der Waals surface area contributed by atoms with Crippen LogP contribution in [0.2, 0.25) is 0 Å². The second kappa shape index (κ2) is 6.39. The summed E-state index contributed by atoms with van der Waals surface area (Å²) in [6, 6.07) is 8.20. The summed E-state index contributed by atoms with van der Waals surface area (Å²) in [6.45, 7) is 8.08. The Balaban J connectivity index is 1.81. The molecule has 4 nitrogen and oxygen atoms in total. The van der Waals surface area contributed by atoms with Crippen LogP contribution >= 0.6 is 0 Å². The Labute approximate surface area is 133 Å². The zero-order valence-corrected chi connectivity index (χ0v) is 13.8. The van der Waals surface area contributed by atoms with Crippen molar-refractivity contribution >= 4 is 5.91 Å². The molecule has 22 heavy (non-hydrogen) atoms. The number of likely N-dealkylation sites (N-methyl/N-ethyl adjacent to an activating group) is 1. The number of ether oxygens (including phenoxy) is 1. The summed E-state index contributed by atoms with van der Waals surface area (Å²) in [5, 5.41) is 0. The van der Waals surface area contributed by atoms with Crippen molar-refractivity contribution in [3.8, 4) is 0 Å². The Morgan fingerprint density at radius 3 is 2.64 bits per heavy atom. The van der Waals surface area contributed by atoms with Gasteiger partial charge in [-0.3, -0.25) is 4.79 Å². The minimum atomic E-state index is 0.169. The molecule has 0 radical (unpaired) electrons. The van der Waals surface area contributed by atoms with Crippen LogP contribution in [-0.4, -0.2) is 61.1 Å². The first kappa shape index (κ1) is 15.5. The summed E-state index contributed by atoms with van der Waals surface area (Å²) in [4.78, 5) is 17.4. The van der Waals surface area contributed by atoms with Crippen LogP contribution in [0.15, 0.2) is 24.3 Å². The lowest BCUT2D eigenvalue weighted by Crippen LogP contribution is -2.53. The molecule has 0 aromatic heterocycles. The van der Waals surface area contributed by atoms with Crippen molar-refractivity contribution in [1.29, 1.82) is 0 Å². The lowest BCUT2D eigenvalue weighted by Gasteiger charge is -2.41. The number of aryl methyl sites for hydroxylation is 1. The summed E-state index contributed by atoms with van der Waals surface area (Å²) < 4.78 is 5.68. The van der Waals surface area contributed by atoms with Crippen molar-refractivity contribution in [2.45, 2.75) is 32.4 Å². The number of fused-ring (bicyclic) bond motifs is 1. The largest absolute Gasteiger partial charge is 0.381 e. The van der Waals surface area contributed by atoms with Gasteiger partial charge < -0.3 is 14.5 Å². The molecule has 0 bridgehead atoms. The van der Waals surface area contributed by atoms with Gasteiger partial charge in [0.25, 0.3) is 5.91 Å². The van der Waals surface area contributed by atoms with E-state index in [1.165, 1.54) is 5.56 Å². The molecule has 4 heteroatoms. The van der Waals surface area contributed by atoms with Crippen LogP contribution in [0.5, 0.6) is 0 Å². The molecule has 2 heterocycles. The highest BCUT2D eigenvalue weighted by Crippen LogP contribution is 2.33. The number of carbonyl (C=O) groups excluding carboxylic acids is 1. The van der Waals surface area contributed by atoms with Gasteiger partial charge in [0.1, 0.15) is 0 Å². The number of piperidine rings is 1. The van der Waals surface area contributed by atoms with Crippen LogP contribution in [0.1, 0.15) is 29.3 Å². The highest BCUT2D eigenvalue weighted by molar-refractivity contribution is 5.94. The molecule has 3 atom stereocenters. The third kappa shape index (κ3) is 2.77. The highest BCUT2D eigenvalue weighted by Gasteiger charge is 2.45. The molecule has 0 unspecified atom stereocenters. The average Bonchev–Trinajstić information content (AvgIpc) is 2.98. The monoisotopic (exact) mass is 302 g/mol. The Bertz CT molecular complexity index is 528. The molecule has 2 fully saturated rings. The van der Waals surface area contributed by atoms with Crippen LogP contribution in [0.25, 0.3) is 0 Å². The lowest BCUT2D eigenvalue weighted by molar-refractivity contribution is -0.0156. The van der Waals surface area contributed by atoms with E-state index in [9.17, 15) is 4.79 Å². The normalized spacial score (nSPS) is 28.7. The van der Waals surface area contributed by atoms with Crippen LogP contribution in [0.3, 0.4) is 0 Å². The van der Waals surface area contributed by atoms with E-state index in [1.54, 1.807) is 7.11 Å². The van der Waals surface area contributed by atoms with Gasteiger partial charge in [-0.15, -0.1) is 0 Å². The average molecular weight is 302 g/mol. The number of likely N-dealkylation sites (tertiary alicyclic amines) is 2. The Morgan fingerprint density at radius 2 is 2.00 bits per heavy atom. The maximum atomic E-state index is 12.9. The summed E-state index contributed by atoms with van der Waals surface area (Å²) >= 11 is 0. The maximum absolute atomic E-state index is 12.9. The Kier molecular flexibility index (Phi) is 4.50. The van der Waals surface area contributed by atoms with E-state index < -0.39 is 0 Å². The van der Waals surface area contributed by atoms with E-state index in [0.29, 0.717) is 5.92 Å². The summed E-state index contributed by atoms with van der Waals surface area (Å²) in [6.07, 6.45) is 1.22. The molecule has 0 aliphatic carbocycles. The first-order valence-electron chi connectivity index (χ1n) is 8.26. The van der Waals surface area contributed by atoms with Gasteiger partial charge in [0, 0.05) is 38.2 Å². The predicted octanol–water partition coefficient (Wildman–Crippen LogP) is 2.18. The molecule has 0 saturated carbocycles. The fourth-order valence-electron chi connectivity index (χ4n) is 3.90. The van der Waals surface area contributed by atoms with Gasteiger partial charge in [-0.2, -0.15) is 0 Å². The van der Waals surface area contributed by atoms with E-state index in [2.05, 4.69) is 16.7 Å². The van der Waals surface area contributed by atoms with E-state index >= 15 is 0 Å². The van der Waals surface area contributed by atoms with E-state index in [0.717, 1.165) is 38.2 Å². The van der Waals surface area contributed by atoms with Gasteiger partial charge in [0.05, 0.1) is 12.1 Å². The molecule has 2 aliphatic heterocycles. The zero-order chi connectivity index (χ0) is 15.7. The number of carbonyl (C=O) groups is 1. The molecule has 1 aromatic rings. The Morgan fingerprint density at radius 1 is 1.27 bits per heavy atom. The van der Waals surface area contributed by atoms with Gasteiger partial charge >= 0.3 is 0 Å². The van der Waals surface area contributed by atoms with Crippen molar-refractivity contribution in [2.75, 3.05) is 33.3 Å². The van der Waals surface area contributed by atoms with Crippen molar-refractivity contribution in [3.63, 3.8) is 0 Å². The molecule has 2 saturated heterocycles. The molecule has 0 spiro atoms. The molecule has 2 aliphatic rings. The van der Waals surface area contributed by atoms with Crippen molar-refractivity contribution in [1.82, 2.24) is 9.80 Å². The fourth-order valence-corrected chi connectivity index (χ4v) is 3.90. The SMILES string of the molecule is CCN1C[C@H]2[C@H](OC)CCN(C(=O)c3ccc(C)cc3)[C@H]2C1. The number of nitrogens with zero attached hydrogens (tertiary/aromatic N) is 2. The predicted molar refractivity (Wildman–Crippen MR) is 87.0 cm³/mol. The molecule has 0 N–H and O–H groups in total. The van der Waals surface area contributed by atoms with Crippen LogP contribution < -0.4 is 0 Å². The molecule has 1 amide bonds. The number of rotatable bonds is 3. The van der Waals surface area contributed by atoms with E-state index in [1.807, 2.05) is 31.2 Å². The number of hydrogen-bond donors (Lipinski definition) is 0. The fraction of sp³-hybridized carbons (Fsp3) is 0.611. The van der Waals surface area contributed by atoms with Crippen molar-refractivity contribution < 1.29 is 9.53 Å². The van der Waals surface area contributed by atoms with E-state index in [4.69, 9.17) is 4.74 Å². The molecule has 1 aromatic carbocycles. The first-order chi connectivity index (χ1) is 10.6. The van der Waals surface area contributed by atoms with Crippen molar-refractivity contribution in [3.05, 3.63) is 35.4 Å². The number of amides is 1. The first-order valence-corrected chi connectivity index (χ1v) is 8.26. The summed E-state index contributed by atoms with van der Waals surface area (Å²) in [5.41, 5.74) is 1.99. The van der Waals surface area contributed by atoms with Crippen LogP contribution in [0.4, 0.5) is 0 Å². The third-order valence-electron chi connectivity index (χ3n) is 5.25. The second-order valence-corrected chi connectivity index (χ2v) is 6.51. The summed E-state index contributed by atoms with van der Waals surface area (Å²) in [5.74, 6) is 0.607. The van der Waals surface area contributed by atoms with Crippen LogP contribution in [-0.2, 0) is 4.74 Å². The number of benzene rings is 1. The van der Waals surface area contributed by atoms with Crippen molar-refractivity contribution in [2.24, 2.45) is 5.92 Å². The quantitative estimate of drug-likeness (QED) is 0.858. The highest BCUT2D eigenvalue weighted by atomic mass is 16.5. The van der Waals surface area contributed by atoms with E-state index in [-0.39, 0.29) is 18.1 Å². The maximum Gasteiger partial charge on any atom is 0.254 e. The Hall–Kier alpha value is -1.39. The third-order valence-corrected chi connectivity index (χ3v) is 5.25. The summed E-state index contributed by atoms with van der Waals surface area (Å²) in [7, 11) is 1.80. The van der Waals surface area contributed by atoms with Gasteiger partial charge in [-0.1, -0.05) is 24.6 Å². The van der Waals surface area contributed by atoms with Gasteiger partial charge in [-0.25, -0.2) is 0 Å². The minimum Gasteiger partial charge on any atom is -0.381 e. The van der Waals surface area contributed by atoms with Gasteiger partial charge in [0.15, 0.2) is 0 Å². The molecule has 120 valence electrons. The standard InChI is InChI=1S/C18H26N2O2/c1-4-19-11-15-16(12-19)20(10-9-17(15)22-3)18(21)14-7-5-13(2)6-8-14/h5-8,15-17H,4,9-12H2,1-3H3/t15-,16+,17-/m1/s1. The zero-order valence-electron chi connectivity index (χ0n) is 13.8. The smallest absolute Gasteiger partial charge is 0.254 e. The molecular weight excluding hydrogens is 276 g/mol.